The molecule has 1 nitrogen and oxygen atoms in total. The zero-order chi connectivity index (χ0) is 17.2. The highest BCUT2D eigenvalue weighted by atomic mass is 14.9. The second kappa shape index (κ2) is 6.52. The fourth-order valence-corrected chi connectivity index (χ4v) is 2.85. The van der Waals surface area contributed by atoms with E-state index in [1.54, 1.807) is 0 Å². The minimum absolute atomic E-state index is 0.130. The van der Waals surface area contributed by atoms with Crippen molar-refractivity contribution in [3.05, 3.63) is 83.9 Å². The van der Waals surface area contributed by atoms with Crippen molar-refractivity contribution >= 4 is 11.4 Å². The van der Waals surface area contributed by atoms with Gasteiger partial charge >= 0.3 is 0 Å². The van der Waals surface area contributed by atoms with Gasteiger partial charge in [-0.15, -0.1) is 0 Å². The largest absolute Gasteiger partial charge is 0.355 e. The molecular weight excluding hydrogens is 290 g/mol. The van der Waals surface area contributed by atoms with Crippen LogP contribution in [0.3, 0.4) is 0 Å². The first-order chi connectivity index (χ1) is 11.4. The monoisotopic (exact) mass is 315 g/mol. The quantitative estimate of drug-likeness (QED) is 0.567. The standard InChI is InChI=1S/C23H25N/c1-17-9-8-12-20(15-17)24-22-14-13-19(23(2,3)4)16-21(22)18-10-6-5-7-11-18/h5-16,24H,1-4H3. The second-order valence-electron chi connectivity index (χ2n) is 7.37. The van der Waals surface area contributed by atoms with Crippen LogP contribution < -0.4 is 5.32 Å². The van der Waals surface area contributed by atoms with Crippen molar-refractivity contribution in [2.75, 3.05) is 5.32 Å². The lowest BCUT2D eigenvalue weighted by molar-refractivity contribution is 0.590. The molecule has 0 unspecified atom stereocenters. The Balaban J connectivity index is 2.08. The maximum Gasteiger partial charge on any atom is 0.0464 e. The maximum absolute atomic E-state index is 3.59. The van der Waals surface area contributed by atoms with E-state index in [1.165, 1.54) is 22.3 Å². The molecule has 1 N–H and O–H groups in total. The van der Waals surface area contributed by atoms with E-state index in [0.29, 0.717) is 0 Å². The fraction of sp³-hybridized carbons (Fsp3) is 0.217. The average molecular weight is 315 g/mol. The van der Waals surface area contributed by atoms with Crippen LogP contribution in [0, 0.1) is 6.92 Å². The van der Waals surface area contributed by atoms with Crippen LogP contribution in [0.4, 0.5) is 11.4 Å². The molecule has 0 atom stereocenters. The summed E-state index contributed by atoms with van der Waals surface area (Å²) in [6.07, 6.45) is 0. The van der Waals surface area contributed by atoms with Crippen LogP contribution >= 0.6 is 0 Å². The Hall–Kier alpha value is -2.54. The first-order valence-corrected chi connectivity index (χ1v) is 8.47. The van der Waals surface area contributed by atoms with Gasteiger partial charge in [0.15, 0.2) is 0 Å². The molecule has 0 aliphatic heterocycles. The van der Waals surface area contributed by atoms with Gasteiger partial charge in [0.25, 0.3) is 0 Å². The van der Waals surface area contributed by atoms with E-state index in [0.717, 1.165) is 11.4 Å². The van der Waals surface area contributed by atoms with Crippen molar-refractivity contribution in [2.24, 2.45) is 0 Å². The number of anilines is 2. The Kier molecular flexibility index (Phi) is 4.44. The third kappa shape index (κ3) is 3.68. The molecule has 0 aliphatic carbocycles. The summed E-state index contributed by atoms with van der Waals surface area (Å²) in [4.78, 5) is 0. The van der Waals surface area contributed by atoms with Gasteiger partial charge in [-0.05, 0) is 53.3 Å². The molecule has 3 rings (SSSR count). The topological polar surface area (TPSA) is 12.0 Å². The van der Waals surface area contributed by atoms with Crippen molar-refractivity contribution in [3.63, 3.8) is 0 Å². The van der Waals surface area contributed by atoms with Gasteiger partial charge in [-0.3, -0.25) is 0 Å². The Labute approximate surface area is 145 Å². The maximum atomic E-state index is 3.59. The Bertz CT molecular complexity index is 826. The molecular formula is C23H25N. The summed E-state index contributed by atoms with van der Waals surface area (Å²) in [5, 5.41) is 3.59. The van der Waals surface area contributed by atoms with E-state index in [2.05, 4.69) is 106 Å². The third-order valence-corrected chi connectivity index (χ3v) is 4.27. The summed E-state index contributed by atoms with van der Waals surface area (Å²) in [5.41, 5.74) is 7.47. The lowest BCUT2D eigenvalue weighted by atomic mass is 9.85. The predicted molar refractivity (Wildman–Crippen MR) is 105 cm³/mol. The van der Waals surface area contributed by atoms with Crippen molar-refractivity contribution in [3.8, 4) is 11.1 Å². The molecule has 0 aliphatic rings. The lowest BCUT2D eigenvalue weighted by Gasteiger charge is -2.22. The number of rotatable bonds is 3. The molecule has 0 saturated heterocycles. The van der Waals surface area contributed by atoms with Gasteiger partial charge < -0.3 is 5.32 Å². The van der Waals surface area contributed by atoms with Crippen molar-refractivity contribution < 1.29 is 0 Å². The molecule has 24 heavy (non-hydrogen) atoms. The molecule has 0 aromatic heterocycles. The SMILES string of the molecule is Cc1cccc(Nc2ccc(C(C)(C)C)cc2-c2ccccc2)c1. The van der Waals surface area contributed by atoms with Gasteiger partial charge in [0.1, 0.15) is 0 Å². The zero-order valence-electron chi connectivity index (χ0n) is 14.9. The van der Waals surface area contributed by atoms with Gasteiger partial charge in [-0.2, -0.15) is 0 Å². The second-order valence-corrected chi connectivity index (χ2v) is 7.37. The van der Waals surface area contributed by atoms with Gasteiger partial charge in [0.05, 0.1) is 0 Å². The van der Waals surface area contributed by atoms with Crippen LogP contribution in [-0.2, 0) is 5.41 Å². The van der Waals surface area contributed by atoms with Crippen molar-refractivity contribution in [1.82, 2.24) is 0 Å². The molecule has 0 heterocycles. The number of benzene rings is 3. The van der Waals surface area contributed by atoms with Crippen molar-refractivity contribution in [2.45, 2.75) is 33.1 Å². The number of hydrogen-bond donors (Lipinski definition) is 1. The summed E-state index contributed by atoms with van der Waals surface area (Å²) in [5.74, 6) is 0. The first kappa shape index (κ1) is 16.3. The lowest BCUT2D eigenvalue weighted by Crippen LogP contribution is -2.11. The summed E-state index contributed by atoms with van der Waals surface area (Å²) in [6, 6.07) is 25.8. The number of aryl methyl sites for hydroxylation is 1. The Morgan fingerprint density at radius 3 is 2.17 bits per heavy atom. The molecule has 122 valence electrons. The normalized spacial score (nSPS) is 11.3. The summed E-state index contributed by atoms with van der Waals surface area (Å²) < 4.78 is 0. The van der Waals surface area contributed by atoms with Crippen LogP contribution in [0.2, 0.25) is 0 Å². The highest BCUT2D eigenvalue weighted by Gasteiger charge is 2.16. The summed E-state index contributed by atoms with van der Waals surface area (Å²) >= 11 is 0. The molecule has 3 aromatic carbocycles. The minimum Gasteiger partial charge on any atom is -0.355 e. The Morgan fingerprint density at radius 1 is 0.750 bits per heavy atom. The fourth-order valence-electron chi connectivity index (χ4n) is 2.85. The van der Waals surface area contributed by atoms with E-state index >= 15 is 0 Å². The molecule has 0 radical (unpaired) electrons. The number of hydrogen-bond acceptors (Lipinski definition) is 1. The predicted octanol–water partition coefficient (Wildman–Crippen LogP) is 6.70. The Morgan fingerprint density at radius 2 is 1.50 bits per heavy atom. The summed E-state index contributed by atoms with van der Waals surface area (Å²) in [6.45, 7) is 8.88. The van der Waals surface area contributed by atoms with E-state index < -0.39 is 0 Å². The average Bonchev–Trinajstić information content (AvgIpc) is 2.55. The van der Waals surface area contributed by atoms with Gasteiger partial charge in [0.2, 0.25) is 0 Å². The molecule has 0 amide bonds. The van der Waals surface area contributed by atoms with E-state index in [1.807, 2.05) is 0 Å². The van der Waals surface area contributed by atoms with E-state index in [-0.39, 0.29) is 5.41 Å². The van der Waals surface area contributed by atoms with Crippen LogP contribution in [0.1, 0.15) is 31.9 Å². The van der Waals surface area contributed by atoms with Crippen LogP contribution in [0.5, 0.6) is 0 Å². The first-order valence-electron chi connectivity index (χ1n) is 8.47. The van der Waals surface area contributed by atoms with Gasteiger partial charge in [-0.1, -0.05) is 69.3 Å². The highest BCUT2D eigenvalue weighted by molar-refractivity contribution is 5.81. The van der Waals surface area contributed by atoms with Gasteiger partial charge in [-0.25, -0.2) is 0 Å². The molecule has 0 spiro atoms. The smallest absolute Gasteiger partial charge is 0.0464 e. The van der Waals surface area contributed by atoms with Crippen molar-refractivity contribution in [1.29, 1.82) is 0 Å². The van der Waals surface area contributed by atoms with E-state index in [9.17, 15) is 0 Å². The van der Waals surface area contributed by atoms with E-state index in [4.69, 9.17) is 0 Å². The molecule has 0 bridgehead atoms. The molecule has 0 saturated carbocycles. The highest BCUT2D eigenvalue weighted by Crippen LogP contribution is 2.34. The van der Waals surface area contributed by atoms with Crippen LogP contribution in [0.25, 0.3) is 11.1 Å². The zero-order valence-corrected chi connectivity index (χ0v) is 14.9. The summed E-state index contributed by atoms with van der Waals surface area (Å²) in [7, 11) is 0. The molecule has 3 aromatic rings. The van der Waals surface area contributed by atoms with Crippen LogP contribution in [-0.4, -0.2) is 0 Å². The molecule has 1 heteroatoms. The number of nitrogens with one attached hydrogen (secondary N) is 1. The van der Waals surface area contributed by atoms with Gasteiger partial charge in [0, 0.05) is 16.9 Å². The molecule has 0 fully saturated rings. The third-order valence-electron chi connectivity index (χ3n) is 4.27. The minimum atomic E-state index is 0.130. The van der Waals surface area contributed by atoms with Crippen LogP contribution in [0.15, 0.2) is 72.8 Å².